The summed E-state index contributed by atoms with van der Waals surface area (Å²) >= 11 is 0. The third-order valence-corrected chi connectivity index (χ3v) is 3.46. The number of rotatable bonds is 3. The van der Waals surface area contributed by atoms with Crippen molar-refractivity contribution in [2.24, 2.45) is 0 Å². The maximum absolute atomic E-state index is 12.1. The number of carbonyl (C=O) groups excluding carboxylic acids is 1. The van der Waals surface area contributed by atoms with E-state index in [1.54, 1.807) is 0 Å². The Morgan fingerprint density at radius 3 is 3.11 bits per heavy atom. The first-order chi connectivity index (χ1) is 9.33. The molecule has 0 aromatic heterocycles. The third kappa shape index (κ3) is 2.88. The number of benzene rings is 1. The van der Waals surface area contributed by atoms with E-state index in [-0.39, 0.29) is 11.9 Å². The molecule has 2 aliphatic heterocycles. The lowest BCUT2D eigenvalue weighted by atomic mass is 10.1. The second-order valence-electron chi connectivity index (χ2n) is 4.89. The Morgan fingerprint density at radius 1 is 1.42 bits per heavy atom. The molecule has 1 amide bonds. The van der Waals surface area contributed by atoms with Crippen molar-refractivity contribution in [1.29, 1.82) is 0 Å². The standard InChI is InChI=1S/C14H18N2O3/c17-14(16-8-11-9-18-6-5-15-11)13-7-10-3-1-2-4-12(10)19-13/h1-4,11,13,15H,5-9H2,(H,16,17). The van der Waals surface area contributed by atoms with Gasteiger partial charge < -0.3 is 20.1 Å². The van der Waals surface area contributed by atoms with Crippen molar-refractivity contribution in [3.05, 3.63) is 29.8 Å². The summed E-state index contributed by atoms with van der Waals surface area (Å²) in [5, 5.41) is 6.22. The first-order valence-electron chi connectivity index (χ1n) is 6.66. The Kier molecular flexibility index (Phi) is 3.66. The second-order valence-corrected chi connectivity index (χ2v) is 4.89. The van der Waals surface area contributed by atoms with Crippen LogP contribution in [0.15, 0.2) is 24.3 Å². The summed E-state index contributed by atoms with van der Waals surface area (Å²) in [6.07, 6.45) is 0.248. The number of carbonyl (C=O) groups is 1. The minimum absolute atomic E-state index is 0.0522. The average molecular weight is 262 g/mol. The van der Waals surface area contributed by atoms with E-state index in [1.165, 1.54) is 0 Å². The number of ether oxygens (including phenoxy) is 2. The van der Waals surface area contributed by atoms with Gasteiger partial charge in [-0.2, -0.15) is 0 Å². The minimum atomic E-state index is -0.401. The summed E-state index contributed by atoms with van der Waals surface area (Å²) in [5.74, 6) is 0.769. The number of nitrogens with one attached hydrogen (secondary N) is 2. The highest BCUT2D eigenvalue weighted by atomic mass is 16.5. The normalized spacial score (nSPS) is 25.5. The van der Waals surface area contributed by atoms with Crippen LogP contribution in [0.2, 0.25) is 0 Å². The van der Waals surface area contributed by atoms with Gasteiger partial charge in [0.1, 0.15) is 5.75 Å². The molecule has 0 spiro atoms. The average Bonchev–Trinajstić information content (AvgIpc) is 2.90. The van der Waals surface area contributed by atoms with Crippen molar-refractivity contribution in [2.75, 3.05) is 26.3 Å². The van der Waals surface area contributed by atoms with Crippen LogP contribution in [0.5, 0.6) is 5.75 Å². The topological polar surface area (TPSA) is 59.6 Å². The molecule has 0 bridgehead atoms. The number of fused-ring (bicyclic) bond motifs is 1. The van der Waals surface area contributed by atoms with Gasteiger partial charge in [0.05, 0.1) is 13.2 Å². The summed E-state index contributed by atoms with van der Waals surface area (Å²) in [6, 6.07) is 7.98. The molecule has 3 rings (SSSR count). The van der Waals surface area contributed by atoms with Crippen LogP contribution in [0.25, 0.3) is 0 Å². The summed E-state index contributed by atoms with van der Waals surface area (Å²) in [6.45, 7) is 2.80. The summed E-state index contributed by atoms with van der Waals surface area (Å²) in [7, 11) is 0. The molecular weight excluding hydrogens is 244 g/mol. The predicted octanol–water partition coefficient (Wildman–Crippen LogP) is 0.0947. The van der Waals surface area contributed by atoms with Crippen molar-refractivity contribution >= 4 is 5.91 Å². The first kappa shape index (κ1) is 12.4. The summed E-state index contributed by atoms with van der Waals surface area (Å²) in [5.41, 5.74) is 1.10. The largest absolute Gasteiger partial charge is 0.480 e. The van der Waals surface area contributed by atoms with E-state index >= 15 is 0 Å². The van der Waals surface area contributed by atoms with Crippen LogP contribution in [0.4, 0.5) is 0 Å². The van der Waals surface area contributed by atoms with Crippen molar-refractivity contribution in [1.82, 2.24) is 10.6 Å². The third-order valence-electron chi connectivity index (χ3n) is 3.46. The highest BCUT2D eigenvalue weighted by molar-refractivity contribution is 5.82. The molecule has 1 fully saturated rings. The van der Waals surface area contributed by atoms with Gasteiger partial charge in [0.2, 0.25) is 0 Å². The lowest BCUT2D eigenvalue weighted by molar-refractivity contribution is -0.127. The molecule has 102 valence electrons. The Balaban J connectivity index is 1.49. The summed E-state index contributed by atoms with van der Waals surface area (Å²) in [4.78, 5) is 12.1. The molecule has 5 heteroatoms. The zero-order valence-corrected chi connectivity index (χ0v) is 10.7. The van der Waals surface area contributed by atoms with Gasteiger partial charge >= 0.3 is 0 Å². The van der Waals surface area contributed by atoms with Crippen molar-refractivity contribution < 1.29 is 14.3 Å². The maximum Gasteiger partial charge on any atom is 0.261 e. The Morgan fingerprint density at radius 2 is 2.32 bits per heavy atom. The van der Waals surface area contributed by atoms with Gasteiger partial charge in [-0.15, -0.1) is 0 Å². The fourth-order valence-corrected chi connectivity index (χ4v) is 2.42. The van der Waals surface area contributed by atoms with Gasteiger partial charge in [-0.1, -0.05) is 18.2 Å². The predicted molar refractivity (Wildman–Crippen MR) is 70.2 cm³/mol. The first-order valence-corrected chi connectivity index (χ1v) is 6.66. The Labute approximate surface area is 112 Å². The molecule has 2 atom stereocenters. The lowest BCUT2D eigenvalue weighted by Gasteiger charge is -2.24. The number of amides is 1. The van der Waals surface area contributed by atoms with E-state index in [0.29, 0.717) is 19.6 Å². The molecule has 5 nitrogen and oxygen atoms in total. The van der Waals surface area contributed by atoms with Gasteiger partial charge in [-0.25, -0.2) is 0 Å². The molecule has 2 heterocycles. The molecule has 1 aromatic carbocycles. The fraction of sp³-hybridized carbons (Fsp3) is 0.500. The minimum Gasteiger partial charge on any atom is -0.480 e. The zero-order valence-electron chi connectivity index (χ0n) is 10.7. The highest BCUT2D eigenvalue weighted by Crippen LogP contribution is 2.27. The van der Waals surface area contributed by atoms with Gasteiger partial charge in [-0.3, -0.25) is 4.79 Å². The smallest absolute Gasteiger partial charge is 0.261 e. The van der Waals surface area contributed by atoms with E-state index in [0.717, 1.165) is 24.5 Å². The van der Waals surface area contributed by atoms with Crippen molar-refractivity contribution in [3.63, 3.8) is 0 Å². The Hall–Kier alpha value is -1.59. The SMILES string of the molecule is O=C(NCC1COCCN1)C1Cc2ccccc2O1. The number of hydrogen-bond donors (Lipinski definition) is 2. The van der Waals surface area contributed by atoms with Gasteiger partial charge in [-0.05, 0) is 11.6 Å². The van der Waals surface area contributed by atoms with Crippen LogP contribution in [0.1, 0.15) is 5.56 Å². The van der Waals surface area contributed by atoms with Crippen LogP contribution < -0.4 is 15.4 Å². The fourth-order valence-electron chi connectivity index (χ4n) is 2.42. The van der Waals surface area contributed by atoms with Crippen LogP contribution in [0.3, 0.4) is 0 Å². The number of morpholine rings is 1. The zero-order chi connectivity index (χ0) is 13.1. The molecule has 0 radical (unpaired) electrons. The quantitative estimate of drug-likeness (QED) is 0.811. The highest BCUT2D eigenvalue weighted by Gasteiger charge is 2.29. The van der Waals surface area contributed by atoms with Crippen LogP contribution in [0, 0.1) is 0 Å². The molecule has 2 unspecified atom stereocenters. The van der Waals surface area contributed by atoms with Gasteiger partial charge in [0, 0.05) is 25.6 Å². The van der Waals surface area contributed by atoms with Crippen LogP contribution in [-0.4, -0.2) is 44.4 Å². The van der Waals surface area contributed by atoms with E-state index in [4.69, 9.17) is 9.47 Å². The molecule has 0 saturated carbocycles. The van der Waals surface area contributed by atoms with E-state index < -0.39 is 6.10 Å². The molecular formula is C14H18N2O3. The van der Waals surface area contributed by atoms with Crippen molar-refractivity contribution in [3.8, 4) is 5.75 Å². The molecule has 2 N–H and O–H groups in total. The maximum atomic E-state index is 12.1. The molecule has 1 saturated heterocycles. The molecule has 19 heavy (non-hydrogen) atoms. The number of para-hydroxylation sites is 1. The van der Waals surface area contributed by atoms with E-state index in [2.05, 4.69) is 10.6 Å². The Bertz CT molecular complexity index is 433. The van der Waals surface area contributed by atoms with Gasteiger partial charge in [0.25, 0.3) is 5.91 Å². The van der Waals surface area contributed by atoms with E-state index in [9.17, 15) is 4.79 Å². The summed E-state index contributed by atoms with van der Waals surface area (Å²) < 4.78 is 11.0. The van der Waals surface area contributed by atoms with Crippen LogP contribution >= 0.6 is 0 Å². The van der Waals surface area contributed by atoms with Crippen LogP contribution in [-0.2, 0) is 16.0 Å². The lowest BCUT2D eigenvalue weighted by Crippen LogP contribution is -2.50. The van der Waals surface area contributed by atoms with E-state index in [1.807, 2.05) is 24.3 Å². The molecule has 1 aromatic rings. The van der Waals surface area contributed by atoms with Gasteiger partial charge in [0.15, 0.2) is 6.10 Å². The molecule has 0 aliphatic carbocycles. The number of hydrogen-bond acceptors (Lipinski definition) is 4. The monoisotopic (exact) mass is 262 g/mol. The second kappa shape index (κ2) is 5.59. The molecule has 2 aliphatic rings. The van der Waals surface area contributed by atoms with Crippen molar-refractivity contribution in [2.45, 2.75) is 18.6 Å².